The zero-order chi connectivity index (χ0) is 14.7. The van der Waals surface area contributed by atoms with Crippen LogP contribution < -0.4 is 5.32 Å². The first-order valence-corrected chi connectivity index (χ1v) is 8.65. The molecule has 108 valence electrons. The summed E-state index contributed by atoms with van der Waals surface area (Å²) in [4.78, 5) is 10.6. The van der Waals surface area contributed by atoms with Crippen LogP contribution in [-0.4, -0.2) is 16.5 Å². The van der Waals surface area contributed by atoms with E-state index in [0.29, 0.717) is 0 Å². The predicted molar refractivity (Wildman–Crippen MR) is 91.7 cm³/mol. The van der Waals surface area contributed by atoms with Crippen LogP contribution in [0.15, 0.2) is 46.4 Å². The monoisotopic (exact) mass is 361 g/mol. The molecule has 5 heteroatoms. The molecule has 0 aliphatic rings. The van der Waals surface area contributed by atoms with Gasteiger partial charge in [0.05, 0.1) is 29.0 Å². The maximum absolute atomic E-state index is 4.79. The fourth-order valence-corrected chi connectivity index (χ4v) is 3.93. The molecule has 0 saturated carbocycles. The molecule has 0 radical (unpaired) electrons. The standard InChI is InChI=1S/C16H16BrN3S/c1-2-8-18-15(16-11(17)7-9-21-16)14-10-19-12-5-3-4-6-13(12)20-14/h3-7,9-10,15,18H,2,8H2,1H3. The predicted octanol–water partition coefficient (Wildman–Crippen LogP) is 4.54. The highest BCUT2D eigenvalue weighted by molar-refractivity contribution is 9.10. The maximum atomic E-state index is 4.79. The molecule has 0 fully saturated rings. The second-order valence-electron chi connectivity index (χ2n) is 4.80. The first-order chi connectivity index (χ1) is 10.3. The molecule has 2 aromatic heterocycles. The van der Waals surface area contributed by atoms with E-state index >= 15 is 0 Å². The lowest BCUT2D eigenvalue weighted by Gasteiger charge is -2.17. The van der Waals surface area contributed by atoms with Crippen molar-refractivity contribution in [2.75, 3.05) is 6.54 Å². The van der Waals surface area contributed by atoms with Crippen LogP contribution in [0, 0.1) is 0 Å². The third-order valence-corrected chi connectivity index (χ3v) is 5.20. The summed E-state index contributed by atoms with van der Waals surface area (Å²) in [5, 5.41) is 5.66. The maximum Gasteiger partial charge on any atom is 0.0891 e. The number of hydrogen-bond donors (Lipinski definition) is 1. The molecule has 1 unspecified atom stereocenters. The van der Waals surface area contributed by atoms with Gasteiger partial charge in [0.2, 0.25) is 0 Å². The van der Waals surface area contributed by atoms with Crippen LogP contribution in [0.3, 0.4) is 0 Å². The van der Waals surface area contributed by atoms with Gasteiger partial charge in [-0.2, -0.15) is 0 Å². The summed E-state index contributed by atoms with van der Waals surface area (Å²) < 4.78 is 1.12. The number of benzene rings is 1. The molecule has 3 rings (SSSR count). The van der Waals surface area contributed by atoms with Crippen molar-refractivity contribution >= 4 is 38.3 Å². The number of aromatic nitrogens is 2. The van der Waals surface area contributed by atoms with Gasteiger partial charge in [-0.05, 0) is 52.5 Å². The minimum Gasteiger partial charge on any atom is -0.304 e. The number of fused-ring (bicyclic) bond motifs is 1. The fraction of sp³-hybridized carbons (Fsp3) is 0.250. The minimum atomic E-state index is 0.0800. The van der Waals surface area contributed by atoms with E-state index < -0.39 is 0 Å². The van der Waals surface area contributed by atoms with Crippen LogP contribution in [0.4, 0.5) is 0 Å². The minimum absolute atomic E-state index is 0.0800. The fourth-order valence-electron chi connectivity index (χ4n) is 2.24. The summed E-state index contributed by atoms with van der Waals surface area (Å²) in [5.74, 6) is 0. The summed E-state index contributed by atoms with van der Waals surface area (Å²) in [6.07, 6.45) is 2.96. The topological polar surface area (TPSA) is 37.8 Å². The number of para-hydroxylation sites is 2. The van der Waals surface area contributed by atoms with Crippen LogP contribution >= 0.6 is 27.3 Å². The van der Waals surface area contributed by atoms with Gasteiger partial charge >= 0.3 is 0 Å². The zero-order valence-electron chi connectivity index (χ0n) is 11.7. The molecule has 0 bridgehead atoms. The van der Waals surface area contributed by atoms with Crippen LogP contribution in [0.5, 0.6) is 0 Å². The lowest BCUT2D eigenvalue weighted by molar-refractivity contribution is 0.592. The van der Waals surface area contributed by atoms with Crippen LogP contribution in [-0.2, 0) is 0 Å². The van der Waals surface area contributed by atoms with E-state index in [2.05, 4.69) is 44.6 Å². The average Bonchev–Trinajstić information content (AvgIpc) is 2.94. The second-order valence-corrected chi connectivity index (χ2v) is 6.61. The first kappa shape index (κ1) is 14.6. The molecule has 1 aromatic carbocycles. The summed E-state index contributed by atoms with van der Waals surface area (Å²) in [5.41, 5.74) is 2.83. The smallest absolute Gasteiger partial charge is 0.0891 e. The molecule has 0 aliphatic carbocycles. The van der Waals surface area contributed by atoms with E-state index in [-0.39, 0.29) is 6.04 Å². The van der Waals surface area contributed by atoms with Crippen LogP contribution in [0.1, 0.15) is 30.0 Å². The number of nitrogens with zero attached hydrogens (tertiary/aromatic N) is 2. The van der Waals surface area contributed by atoms with Crippen molar-refractivity contribution in [2.45, 2.75) is 19.4 Å². The van der Waals surface area contributed by atoms with Crippen LogP contribution in [0.2, 0.25) is 0 Å². The van der Waals surface area contributed by atoms with Crippen molar-refractivity contribution in [1.29, 1.82) is 0 Å². The highest BCUT2D eigenvalue weighted by atomic mass is 79.9. The Kier molecular flexibility index (Phi) is 4.63. The summed E-state index contributed by atoms with van der Waals surface area (Å²) >= 11 is 5.36. The highest BCUT2D eigenvalue weighted by Crippen LogP contribution is 2.32. The molecule has 0 saturated heterocycles. The number of hydrogen-bond acceptors (Lipinski definition) is 4. The Morgan fingerprint density at radius 1 is 1.24 bits per heavy atom. The van der Waals surface area contributed by atoms with E-state index in [0.717, 1.165) is 34.2 Å². The molecular weight excluding hydrogens is 346 g/mol. The van der Waals surface area contributed by atoms with Crippen molar-refractivity contribution in [2.24, 2.45) is 0 Å². The van der Waals surface area contributed by atoms with Crippen LogP contribution in [0.25, 0.3) is 11.0 Å². The molecule has 1 N–H and O–H groups in total. The van der Waals surface area contributed by atoms with Gasteiger partial charge in [-0.3, -0.25) is 4.98 Å². The summed E-state index contributed by atoms with van der Waals surface area (Å²) in [7, 11) is 0. The van der Waals surface area contributed by atoms with Gasteiger partial charge < -0.3 is 5.32 Å². The van der Waals surface area contributed by atoms with E-state index in [1.807, 2.05) is 30.5 Å². The van der Waals surface area contributed by atoms with Crippen molar-refractivity contribution in [3.8, 4) is 0 Å². The quantitative estimate of drug-likeness (QED) is 0.724. The Balaban J connectivity index is 2.03. The molecule has 0 amide bonds. The molecule has 3 nitrogen and oxygen atoms in total. The SMILES string of the molecule is CCCNC(c1cnc2ccccc2n1)c1sccc1Br. The molecule has 2 heterocycles. The number of thiophene rings is 1. The third kappa shape index (κ3) is 3.15. The largest absolute Gasteiger partial charge is 0.304 e. The summed E-state index contributed by atoms with van der Waals surface area (Å²) in [6, 6.07) is 10.1. The molecule has 1 atom stereocenters. The van der Waals surface area contributed by atoms with Crippen molar-refractivity contribution in [3.63, 3.8) is 0 Å². The van der Waals surface area contributed by atoms with Crippen molar-refractivity contribution < 1.29 is 0 Å². The Hall–Kier alpha value is -1.30. The van der Waals surface area contributed by atoms with Gasteiger partial charge in [0.25, 0.3) is 0 Å². The van der Waals surface area contributed by atoms with Gasteiger partial charge in [-0.25, -0.2) is 4.98 Å². The molecule has 0 aliphatic heterocycles. The van der Waals surface area contributed by atoms with E-state index in [4.69, 9.17) is 4.98 Å². The Bertz CT molecular complexity index is 741. The normalized spacial score (nSPS) is 12.7. The summed E-state index contributed by atoms with van der Waals surface area (Å²) in [6.45, 7) is 3.11. The average molecular weight is 362 g/mol. The van der Waals surface area contributed by atoms with Gasteiger partial charge in [0.15, 0.2) is 0 Å². The van der Waals surface area contributed by atoms with E-state index in [1.165, 1.54) is 4.88 Å². The third-order valence-electron chi connectivity index (χ3n) is 3.27. The number of nitrogens with one attached hydrogen (secondary N) is 1. The number of halogens is 1. The molecule has 21 heavy (non-hydrogen) atoms. The van der Waals surface area contributed by atoms with Gasteiger partial charge in [-0.1, -0.05) is 19.1 Å². The lowest BCUT2D eigenvalue weighted by atomic mass is 10.1. The first-order valence-electron chi connectivity index (χ1n) is 6.97. The highest BCUT2D eigenvalue weighted by Gasteiger charge is 2.19. The number of rotatable bonds is 5. The second kappa shape index (κ2) is 6.64. The Labute approximate surface area is 136 Å². The zero-order valence-corrected chi connectivity index (χ0v) is 14.1. The lowest BCUT2D eigenvalue weighted by Crippen LogP contribution is -2.23. The Morgan fingerprint density at radius 3 is 2.76 bits per heavy atom. The molecule has 3 aromatic rings. The van der Waals surface area contributed by atoms with Gasteiger partial charge in [-0.15, -0.1) is 11.3 Å². The Morgan fingerprint density at radius 2 is 2.05 bits per heavy atom. The van der Waals surface area contributed by atoms with Crippen molar-refractivity contribution in [3.05, 3.63) is 57.0 Å². The molecule has 0 spiro atoms. The van der Waals surface area contributed by atoms with Gasteiger partial charge in [0, 0.05) is 9.35 Å². The van der Waals surface area contributed by atoms with E-state index in [1.54, 1.807) is 11.3 Å². The van der Waals surface area contributed by atoms with Crippen molar-refractivity contribution in [1.82, 2.24) is 15.3 Å². The van der Waals surface area contributed by atoms with E-state index in [9.17, 15) is 0 Å². The van der Waals surface area contributed by atoms with Gasteiger partial charge in [0.1, 0.15) is 0 Å². The molecular formula is C16H16BrN3S.